The smallest absolute Gasteiger partial charge is 0.274 e. The van der Waals surface area contributed by atoms with E-state index in [4.69, 9.17) is 0 Å². The minimum absolute atomic E-state index is 0.0545. The number of aryl methyl sites for hydroxylation is 2. The van der Waals surface area contributed by atoms with E-state index in [1.54, 1.807) is 15.6 Å². The van der Waals surface area contributed by atoms with Gasteiger partial charge in [-0.3, -0.25) is 14.7 Å². The maximum atomic E-state index is 12.6. The number of aromatic amines is 1. The molecule has 1 N–H and O–H groups in total. The molecule has 150 valence electrons. The number of rotatable bonds is 5. The zero-order valence-electron chi connectivity index (χ0n) is 16.5. The van der Waals surface area contributed by atoms with Crippen LogP contribution in [0.2, 0.25) is 0 Å². The summed E-state index contributed by atoms with van der Waals surface area (Å²) in [5.41, 5.74) is 3.25. The molecule has 3 aromatic rings. The van der Waals surface area contributed by atoms with Crippen LogP contribution in [0.4, 0.5) is 0 Å². The SMILES string of the molecule is Cc1cc(C)n(-c2ccc(=O)n(CC3CN(C(=O)c4cc(C5CC5)[nH]n4)C3)n2)n1. The monoisotopic (exact) mass is 393 g/mol. The maximum absolute atomic E-state index is 12.6. The molecular weight excluding hydrogens is 370 g/mol. The van der Waals surface area contributed by atoms with Crippen molar-refractivity contribution < 1.29 is 4.79 Å². The van der Waals surface area contributed by atoms with Crippen molar-refractivity contribution in [3.05, 3.63) is 57.4 Å². The van der Waals surface area contributed by atoms with E-state index in [9.17, 15) is 9.59 Å². The van der Waals surface area contributed by atoms with Gasteiger partial charge in [-0.25, -0.2) is 9.36 Å². The number of carbonyl (C=O) groups is 1. The minimum Gasteiger partial charge on any atom is -0.336 e. The van der Waals surface area contributed by atoms with Crippen molar-refractivity contribution in [1.29, 1.82) is 0 Å². The van der Waals surface area contributed by atoms with Gasteiger partial charge in [0, 0.05) is 42.4 Å². The van der Waals surface area contributed by atoms with Gasteiger partial charge in [0.2, 0.25) is 0 Å². The normalized spacial score (nSPS) is 16.8. The molecule has 0 spiro atoms. The molecule has 0 atom stereocenters. The highest BCUT2D eigenvalue weighted by molar-refractivity contribution is 5.93. The van der Waals surface area contributed by atoms with E-state index in [0.717, 1.165) is 17.1 Å². The molecule has 1 saturated heterocycles. The van der Waals surface area contributed by atoms with Gasteiger partial charge in [-0.15, -0.1) is 5.10 Å². The topological polar surface area (TPSA) is 102 Å². The van der Waals surface area contributed by atoms with Crippen molar-refractivity contribution in [2.75, 3.05) is 13.1 Å². The van der Waals surface area contributed by atoms with E-state index in [2.05, 4.69) is 20.4 Å². The van der Waals surface area contributed by atoms with Gasteiger partial charge in [0.1, 0.15) is 5.69 Å². The Bertz CT molecular complexity index is 1130. The highest BCUT2D eigenvalue weighted by Crippen LogP contribution is 2.39. The standard InChI is InChI=1S/C20H23N7O2/c1-12-7-13(2)27(23-12)18-5-6-19(28)26(24-18)11-14-9-25(10-14)20(29)17-8-16(21-22-17)15-3-4-15/h5-8,14-15H,3-4,9-11H2,1-2H3,(H,21,22). The van der Waals surface area contributed by atoms with Crippen LogP contribution in [0.15, 0.2) is 29.1 Å². The Morgan fingerprint density at radius 3 is 2.66 bits per heavy atom. The fraction of sp³-hybridized carbons (Fsp3) is 0.450. The summed E-state index contributed by atoms with van der Waals surface area (Å²) in [5.74, 6) is 1.30. The van der Waals surface area contributed by atoms with Gasteiger partial charge in [0.05, 0.1) is 12.2 Å². The van der Waals surface area contributed by atoms with Crippen molar-refractivity contribution in [3.63, 3.8) is 0 Å². The molecule has 0 unspecified atom stereocenters. The Hall–Kier alpha value is -3.23. The first-order valence-corrected chi connectivity index (χ1v) is 9.94. The van der Waals surface area contributed by atoms with E-state index >= 15 is 0 Å². The second kappa shape index (κ2) is 6.68. The first kappa shape index (κ1) is 17.8. The van der Waals surface area contributed by atoms with Crippen LogP contribution < -0.4 is 5.56 Å². The number of nitrogens with zero attached hydrogens (tertiary/aromatic N) is 6. The Morgan fingerprint density at radius 1 is 1.17 bits per heavy atom. The fourth-order valence-corrected chi connectivity index (χ4v) is 3.85. The molecule has 0 aromatic carbocycles. The molecule has 2 fully saturated rings. The first-order chi connectivity index (χ1) is 14.0. The third-order valence-electron chi connectivity index (χ3n) is 5.59. The number of hydrogen-bond donors (Lipinski definition) is 1. The molecule has 9 heteroatoms. The fourth-order valence-electron chi connectivity index (χ4n) is 3.85. The summed E-state index contributed by atoms with van der Waals surface area (Å²) in [6.45, 7) is 5.55. The molecule has 5 rings (SSSR count). The molecular formula is C20H23N7O2. The lowest BCUT2D eigenvalue weighted by atomic mass is 9.99. The summed E-state index contributed by atoms with van der Waals surface area (Å²) in [5, 5.41) is 16.1. The summed E-state index contributed by atoms with van der Waals surface area (Å²) in [6, 6.07) is 7.04. The van der Waals surface area contributed by atoms with Crippen LogP contribution in [-0.4, -0.2) is 53.7 Å². The Morgan fingerprint density at radius 2 is 1.97 bits per heavy atom. The molecule has 1 saturated carbocycles. The van der Waals surface area contributed by atoms with Crippen LogP contribution in [0.5, 0.6) is 0 Å². The predicted molar refractivity (Wildman–Crippen MR) is 105 cm³/mol. The van der Waals surface area contributed by atoms with Gasteiger partial charge >= 0.3 is 0 Å². The number of amides is 1. The van der Waals surface area contributed by atoms with E-state index < -0.39 is 0 Å². The van der Waals surface area contributed by atoms with E-state index in [1.807, 2.05) is 26.0 Å². The predicted octanol–water partition coefficient (Wildman–Crippen LogP) is 1.42. The van der Waals surface area contributed by atoms with Crippen molar-refractivity contribution >= 4 is 5.91 Å². The van der Waals surface area contributed by atoms with Crippen molar-refractivity contribution in [2.45, 2.75) is 39.2 Å². The lowest BCUT2D eigenvalue weighted by Gasteiger charge is -2.38. The zero-order chi connectivity index (χ0) is 20.1. The van der Waals surface area contributed by atoms with Gasteiger partial charge < -0.3 is 4.90 Å². The van der Waals surface area contributed by atoms with Crippen molar-refractivity contribution in [3.8, 4) is 5.82 Å². The van der Waals surface area contributed by atoms with Gasteiger partial charge in [-0.2, -0.15) is 10.2 Å². The van der Waals surface area contributed by atoms with Crippen LogP contribution in [0, 0.1) is 19.8 Å². The van der Waals surface area contributed by atoms with Crippen molar-refractivity contribution in [2.24, 2.45) is 5.92 Å². The van der Waals surface area contributed by atoms with Crippen LogP contribution in [0.1, 0.15) is 46.3 Å². The molecule has 1 aliphatic heterocycles. The van der Waals surface area contributed by atoms with E-state index in [1.165, 1.54) is 23.6 Å². The molecule has 9 nitrogen and oxygen atoms in total. The minimum atomic E-state index is -0.151. The van der Waals surface area contributed by atoms with Crippen LogP contribution in [-0.2, 0) is 6.54 Å². The molecule has 3 aromatic heterocycles. The zero-order valence-corrected chi connectivity index (χ0v) is 16.5. The third kappa shape index (κ3) is 3.37. The molecule has 2 aliphatic rings. The third-order valence-corrected chi connectivity index (χ3v) is 5.59. The maximum Gasteiger partial charge on any atom is 0.274 e. The summed E-state index contributed by atoms with van der Waals surface area (Å²) in [7, 11) is 0. The number of aromatic nitrogens is 6. The summed E-state index contributed by atoms with van der Waals surface area (Å²) >= 11 is 0. The summed E-state index contributed by atoms with van der Waals surface area (Å²) < 4.78 is 3.20. The van der Waals surface area contributed by atoms with Gasteiger partial charge in [-0.1, -0.05) is 0 Å². The average molecular weight is 393 g/mol. The quantitative estimate of drug-likeness (QED) is 0.706. The highest BCUT2D eigenvalue weighted by Gasteiger charge is 2.34. The Labute approximate surface area is 167 Å². The number of hydrogen-bond acceptors (Lipinski definition) is 5. The van der Waals surface area contributed by atoms with Crippen LogP contribution >= 0.6 is 0 Å². The number of carbonyl (C=O) groups excluding carboxylic acids is 1. The molecule has 0 radical (unpaired) electrons. The molecule has 29 heavy (non-hydrogen) atoms. The second-order valence-corrected chi connectivity index (χ2v) is 8.11. The molecule has 1 aliphatic carbocycles. The van der Waals surface area contributed by atoms with Crippen LogP contribution in [0.25, 0.3) is 5.82 Å². The number of likely N-dealkylation sites (tertiary alicyclic amines) is 1. The molecule has 1 amide bonds. The van der Waals surface area contributed by atoms with Gasteiger partial charge in [0.25, 0.3) is 11.5 Å². The second-order valence-electron chi connectivity index (χ2n) is 8.11. The lowest BCUT2D eigenvalue weighted by molar-refractivity contribution is 0.0452. The number of H-pyrrole nitrogens is 1. The number of nitrogens with one attached hydrogen (secondary N) is 1. The first-order valence-electron chi connectivity index (χ1n) is 9.94. The van der Waals surface area contributed by atoms with Gasteiger partial charge in [-0.05, 0) is 44.9 Å². The van der Waals surface area contributed by atoms with Crippen molar-refractivity contribution in [1.82, 2.24) is 34.7 Å². The Balaban J connectivity index is 1.25. The van der Waals surface area contributed by atoms with Crippen LogP contribution in [0.3, 0.4) is 0 Å². The highest BCUT2D eigenvalue weighted by atomic mass is 16.2. The molecule has 4 heterocycles. The lowest BCUT2D eigenvalue weighted by Crippen LogP contribution is -2.52. The summed E-state index contributed by atoms with van der Waals surface area (Å²) in [6.07, 6.45) is 2.33. The Kier molecular flexibility index (Phi) is 4.11. The average Bonchev–Trinajstić information content (AvgIpc) is 3.29. The van der Waals surface area contributed by atoms with E-state index in [0.29, 0.717) is 37.1 Å². The molecule has 0 bridgehead atoms. The van der Waals surface area contributed by atoms with E-state index in [-0.39, 0.29) is 17.4 Å². The summed E-state index contributed by atoms with van der Waals surface area (Å²) in [4.78, 5) is 26.6. The largest absolute Gasteiger partial charge is 0.336 e. The van der Waals surface area contributed by atoms with Gasteiger partial charge in [0.15, 0.2) is 5.82 Å².